The number of ether oxygens (including phenoxy) is 6. The average molecular weight is 732 g/mol. The molecule has 0 N–H and O–H groups in total. The quantitative estimate of drug-likeness (QED) is 0.0734. The van der Waals surface area contributed by atoms with Crippen molar-refractivity contribution in [2.24, 2.45) is 0 Å². The molecule has 13 heteroatoms. The molecule has 0 radical (unpaired) electrons. The molecule has 0 saturated heterocycles. The fraction of sp³-hybridized carbons (Fsp3) is 0.278. The van der Waals surface area contributed by atoms with E-state index >= 15 is 0 Å². The minimum absolute atomic E-state index is 0.0282. The minimum Gasteiger partial charge on any atom is -0.490 e. The van der Waals surface area contributed by atoms with Gasteiger partial charge in [0.25, 0.3) is 0 Å². The number of alkyl halides is 2. The van der Waals surface area contributed by atoms with Gasteiger partial charge in [-0.25, -0.2) is 8.42 Å². The third-order valence-electron chi connectivity index (χ3n) is 6.69. The van der Waals surface area contributed by atoms with Crippen molar-refractivity contribution in [3.63, 3.8) is 0 Å². The molecule has 0 heterocycles. The number of carbonyl (C=O) groups excluding carboxylic acids is 2. The Labute approximate surface area is 295 Å². The first-order valence-electron chi connectivity index (χ1n) is 15.3. The van der Waals surface area contributed by atoms with Crippen molar-refractivity contribution in [2.45, 2.75) is 34.8 Å². The Morgan fingerprint density at radius 1 is 0.490 bits per heavy atom. The van der Waals surface area contributed by atoms with E-state index in [2.05, 4.69) is 0 Å². The van der Waals surface area contributed by atoms with Crippen LogP contribution in [0.4, 0.5) is 0 Å². The van der Waals surface area contributed by atoms with Crippen LogP contribution in [0.2, 0.25) is 0 Å². The van der Waals surface area contributed by atoms with E-state index in [0.29, 0.717) is 23.0 Å². The Hall–Kier alpha value is -4.45. The van der Waals surface area contributed by atoms with Gasteiger partial charge in [-0.3, -0.25) is 9.59 Å². The van der Waals surface area contributed by atoms with Crippen LogP contribution < -0.4 is 18.9 Å². The predicted molar refractivity (Wildman–Crippen MR) is 184 cm³/mol. The van der Waals surface area contributed by atoms with E-state index in [1.54, 1.807) is 24.3 Å². The van der Waals surface area contributed by atoms with Gasteiger partial charge in [-0.1, -0.05) is 36.4 Å². The van der Waals surface area contributed by atoms with E-state index in [1.807, 2.05) is 36.4 Å². The maximum Gasteiger partial charge on any atom is 0.307 e. The van der Waals surface area contributed by atoms with Crippen LogP contribution in [0.1, 0.15) is 12.8 Å². The van der Waals surface area contributed by atoms with Crippen LogP contribution in [-0.2, 0) is 28.9 Å². The van der Waals surface area contributed by atoms with Gasteiger partial charge in [-0.05, 0) is 72.8 Å². The lowest BCUT2D eigenvalue weighted by atomic mass is 10.3. The van der Waals surface area contributed by atoms with Crippen LogP contribution in [0.5, 0.6) is 23.0 Å². The third-order valence-corrected chi connectivity index (χ3v) is 8.86. The lowest BCUT2D eigenvalue weighted by molar-refractivity contribution is -0.152. The second kappa shape index (κ2) is 19.5. The van der Waals surface area contributed by atoms with Gasteiger partial charge in [-0.15, -0.1) is 23.2 Å². The molecule has 0 amide bonds. The van der Waals surface area contributed by atoms with Crippen molar-refractivity contribution in [1.82, 2.24) is 0 Å². The van der Waals surface area contributed by atoms with Crippen molar-refractivity contribution in [1.29, 1.82) is 0 Å². The maximum atomic E-state index is 13.3. The summed E-state index contributed by atoms with van der Waals surface area (Å²) in [4.78, 5) is 24.2. The molecule has 0 aliphatic heterocycles. The first-order valence-corrected chi connectivity index (χ1v) is 17.9. The Morgan fingerprint density at radius 3 is 1.10 bits per heavy atom. The summed E-state index contributed by atoms with van der Waals surface area (Å²) < 4.78 is 60.7. The van der Waals surface area contributed by atoms with E-state index in [0.717, 1.165) is 0 Å². The molecule has 0 aliphatic carbocycles. The maximum absolute atomic E-state index is 13.3. The van der Waals surface area contributed by atoms with E-state index in [-0.39, 0.29) is 60.8 Å². The number of para-hydroxylation sites is 2. The van der Waals surface area contributed by atoms with Crippen LogP contribution in [0, 0.1) is 0 Å². The number of halogens is 2. The average Bonchev–Trinajstić information content (AvgIpc) is 3.12. The van der Waals surface area contributed by atoms with Gasteiger partial charge >= 0.3 is 11.9 Å². The Balaban J connectivity index is 1.33. The second-order valence-electron chi connectivity index (χ2n) is 10.4. The highest BCUT2D eigenvalue weighted by Gasteiger charge is 2.21. The van der Waals surface area contributed by atoms with Crippen LogP contribution in [0.15, 0.2) is 119 Å². The van der Waals surface area contributed by atoms with Gasteiger partial charge in [0.2, 0.25) is 9.84 Å². The number of benzene rings is 4. The summed E-state index contributed by atoms with van der Waals surface area (Å²) in [6, 6.07) is 29.9. The van der Waals surface area contributed by atoms with Gasteiger partial charge in [0.1, 0.15) is 49.4 Å². The standard InChI is InChI=1S/C36H36Cl2O10S/c37-21-19-35(39)47-31(23-43-27-7-3-1-4-8-27)25-45-29-11-15-33(16-12-29)49(41,42)34-17-13-30(14-18-34)46-26-32(48-36(40)20-22-38)24-44-28-9-5-2-6-10-28/h1-18,31-32H,19-26H2. The normalized spacial score (nSPS) is 12.3. The van der Waals surface area contributed by atoms with E-state index in [4.69, 9.17) is 51.6 Å². The molecule has 0 aliphatic rings. The van der Waals surface area contributed by atoms with Crippen molar-refractivity contribution in [2.75, 3.05) is 38.2 Å². The van der Waals surface area contributed by atoms with E-state index in [1.165, 1.54) is 48.5 Å². The smallest absolute Gasteiger partial charge is 0.307 e. The zero-order valence-corrected chi connectivity index (χ0v) is 28.8. The number of hydrogen-bond acceptors (Lipinski definition) is 10. The van der Waals surface area contributed by atoms with Crippen molar-refractivity contribution < 1.29 is 46.4 Å². The lowest BCUT2D eigenvalue weighted by Crippen LogP contribution is -2.31. The number of rotatable bonds is 20. The van der Waals surface area contributed by atoms with Gasteiger partial charge in [0, 0.05) is 11.8 Å². The second-order valence-corrected chi connectivity index (χ2v) is 13.1. The molecule has 10 nitrogen and oxygen atoms in total. The summed E-state index contributed by atoms with van der Waals surface area (Å²) in [5.41, 5.74) is 0. The molecule has 2 unspecified atom stereocenters. The minimum atomic E-state index is -3.87. The molecule has 0 saturated carbocycles. The summed E-state index contributed by atoms with van der Waals surface area (Å²) >= 11 is 11.3. The highest BCUT2D eigenvalue weighted by Crippen LogP contribution is 2.25. The number of carbonyl (C=O) groups is 2. The third kappa shape index (κ3) is 12.5. The Bertz CT molecular complexity index is 1570. The molecular weight excluding hydrogens is 695 g/mol. The topological polar surface area (TPSA) is 124 Å². The van der Waals surface area contributed by atoms with Gasteiger partial charge in [0.05, 0.1) is 22.6 Å². The molecule has 4 rings (SSSR count). The highest BCUT2D eigenvalue weighted by molar-refractivity contribution is 7.91. The number of sulfone groups is 1. The Kier molecular flexibility index (Phi) is 14.9. The molecule has 4 aromatic rings. The molecule has 0 aromatic heterocycles. The summed E-state index contributed by atoms with van der Waals surface area (Å²) in [5, 5.41) is 0. The molecule has 0 bridgehead atoms. The summed E-state index contributed by atoms with van der Waals surface area (Å²) in [6.07, 6.45) is -1.39. The fourth-order valence-corrected chi connectivity index (χ4v) is 5.80. The van der Waals surface area contributed by atoms with Crippen LogP contribution in [0.3, 0.4) is 0 Å². The fourth-order valence-electron chi connectivity index (χ4n) is 4.23. The van der Waals surface area contributed by atoms with Gasteiger partial charge < -0.3 is 28.4 Å². The molecule has 2 atom stereocenters. The molecular formula is C36H36Cl2O10S. The lowest BCUT2D eigenvalue weighted by Gasteiger charge is -2.19. The van der Waals surface area contributed by atoms with Crippen LogP contribution >= 0.6 is 23.2 Å². The van der Waals surface area contributed by atoms with E-state index in [9.17, 15) is 18.0 Å². The highest BCUT2D eigenvalue weighted by atomic mass is 35.5. The monoisotopic (exact) mass is 730 g/mol. The van der Waals surface area contributed by atoms with Gasteiger partial charge in [-0.2, -0.15) is 0 Å². The molecule has 0 fully saturated rings. The SMILES string of the molecule is O=C(CCCl)OC(COc1ccccc1)COc1ccc(S(=O)(=O)c2ccc(OCC(COc3ccccc3)OC(=O)CCCl)cc2)cc1. The van der Waals surface area contributed by atoms with Crippen molar-refractivity contribution in [3.05, 3.63) is 109 Å². The summed E-state index contributed by atoms with van der Waals surface area (Å²) in [5.74, 6) is 1.23. The summed E-state index contributed by atoms with van der Waals surface area (Å²) in [6.45, 7) is 0.0379. The number of esters is 2. The first-order chi connectivity index (χ1) is 23.8. The Morgan fingerprint density at radius 2 is 0.796 bits per heavy atom. The van der Waals surface area contributed by atoms with Crippen LogP contribution in [0.25, 0.3) is 0 Å². The van der Waals surface area contributed by atoms with Crippen molar-refractivity contribution >= 4 is 45.0 Å². The molecule has 4 aromatic carbocycles. The van der Waals surface area contributed by atoms with Gasteiger partial charge in [0.15, 0.2) is 12.2 Å². The summed E-state index contributed by atoms with van der Waals surface area (Å²) in [7, 11) is -3.87. The molecule has 260 valence electrons. The number of hydrogen-bond donors (Lipinski definition) is 0. The molecule has 0 spiro atoms. The zero-order valence-electron chi connectivity index (χ0n) is 26.5. The first kappa shape index (κ1) is 37.4. The van der Waals surface area contributed by atoms with Crippen molar-refractivity contribution in [3.8, 4) is 23.0 Å². The van der Waals surface area contributed by atoms with Crippen LogP contribution in [-0.4, -0.2) is 70.8 Å². The molecule has 49 heavy (non-hydrogen) atoms. The zero-order chi connectivity index (χ0) is 34.9. The predicted octanol–water partition coefficient (Wildman–Crippen LogP) is 6.52. The largest absolute Gasteiger partial charge is 0.490 e. The van der Waals surface area contributed by atoms with E-state index < -0.39 is 34.0 Å².